The van der Waals surface area contributed by atoms with Crippen molar-refractivity contribution in [3.8, 4) is 5.75 Å². The van der Waals surface area contributed by atoms with E-state index >= 15 is 0 Å². The SMILES string of the molecule is CNCCNC(=O)c1cc(Cl)c(Cl)cc1OC. The van der Waals surface area contributed by atoms with E-state index in [2.05, 4.69) is 10.6 Å². The molecule has 94 valence electrons. The van der Waals surface area contributed by atoms with Crippen molar-refractivity contribution >= 4 is 29.1 Å². The second-order valence-corrected chi connectivity index (χ2v) is 4.14. The third kappa shape index (κ3) is 3.77. The maximum Gasteiger partial charge on any atom is 0.255 e. The van der Waals surface area contributed by atoms with Crippen LogP contribution in [-0.4, -0.2) is 33.2 Å². The van der Waals surface area contributed by atoms with E-state index in [1.54, 1.807) is 0 Å². The smallest absolute Gasteiger partial charge is 0.255 e. The highest BCUT2D eigenvalue weighted by molar-refractivity contribution is 6.42. The van der Waals surface area contributed by atoms with Gasteiger partial charge in [0.2, 0.25) is 0 Å². The lowest BCUT2D eigenvalue weighted by Gasteiger charge is -2.10. The summed E-state index contributed by atoms with van der Waals surface area (Å²) in [5, 5.41) is 6.35. The number of hydrogen-bond donors (Lipinski definition) is 2. The highest BCUT2D eigenvalue weighted by Crippen LogP contribution is 2.30. The maximum absolute atomic E-state index is 11.8. The van der Waals surface area contributed by atoms with Gasteiger partial charge in [-0.25, -0.2) is 0 Å². The van der Waals surface area contributed by atoms with Crippen molar-refractivity contribution in [2.75, 3.05) is 27.2 Å². The number of ether oxygens (including phenoxy) is 1. The Labute approximate surface area is 110 Å². The van der Waals surface area contributed by atoms with Crippen LogP contribution in [0.3, 0.4) is 0 Å². The second-order valence-electron chi connectivity index (χ2n) is 3.33. The molecule has 4 nitrogen and oxygen atoms in total. The number of likely N-dealkylation sites (N-methyl/N-ethyl adjacent to an activating group) is 1. The maximum atomic E-state index is 11.8. The molecule has 1 aromatic rings. The number of rotatable bonds is 5. The Balaban J connectivity index is 2.88. The molecule has 1 rings (SSSR count). The molecule has 0 aromatic heterocycles. The molecular formula is C11H14Cl2N2O2. The minimum atomic E-state index is -0.240. The molecule has 0 fully saturated rings. The van der Waals surface area contributed by atoms with Crippen molar-refractivity contribution < 1.29 is 9.53 Å². The fourth-order valence-corrected chi connectivity index (χ4v) is 1.59. The summed E-state index contributed by atoms with van der Waals surface area (Å²) in [6.07, 6.45) is 0. The summed E-state index contributed by atoms with van der Waals surface area (Å²) >= 11 is 11.7. The summed E-state index contributed by atoms with van der Waals surface area (Å²) in [5.41, 5.74) is 0.373. The van der Waals surface area contributed by atoms with Gasteiger partial charge in [-0.1, -0.05) is 23.2 Å². The van der Waals surface area contributed by atoms with E-state index in [0.29, 0.717) is 34.4 Å². The van der Waals surface area contributed by atoms with Crippen LogP contribution in [0.4, 0.5) is 0 Å². The molecule has 0 aliphatic heterocycles. The van der Waals surface area contributed by atoms with E-state index in [-0.39, 0.29) is 5.91 Å². The first-order chi connectivity index (χ1) is 8.10. The number of carbonyl (C=O) groups excluding carboxylic acids is 1. The van der Waals surface area contributed by atoms with Crippen LogP contribution in [0.1, 0.15) is 10.4 Å². The van der Waals surface area contributed by atoms with Crippen LogP contribution in [-0.2, 0) is 0 Å². The second kappa shape index (κ2) is 6.69. The lowest BCUT2D eigenvalue weighted by atomic mass is 10.2. The molecule has 0 aliphatic rings. The lowest BCUT2D eigenvalue weighted by Crippen LogP contribution is -2.30. The molecule has 0 spiro atoms. The average molecular weight is 277 g/mol. The molecule has 0 atom stereocenters. The predicted octanol–water partition coefficient (Wildman–Crippen LogP) is 1.95. The van der Waals surface area contributed by atoms with Crippen molar-refractivity contribution in [2.24, 2.45) is 0 Å². The molecule has 0 saturated carbocycles. The summed E-state index contributed by atoms with van der Waals surface area (Å²) in [4.78, 5) is 11.8. The van der Waals surface area contributed by atoms with Crippen molar-refractivity contribution in [2.45, 2.75) is 0 Å². The first-order valence-electron chi connectivity index (χ1n) is 5.06. The van der Waals surface area contributed by atoms with E-state index in [9.17, 15) is 4.79 Å². The molecule has 2 N–H and O–H groups in total. The van der Waals surface area contributed by atoms with Crippen molar-refractivity contribution in [1.29, 1.82) is 0 Å². The van der Waals surface area contributed by atoms with Gasteiger partial charge in [0.1, 0.15) is 5.75 Å². The third-order valence-electron chi connectivity index (χ3n) is 2.15. The molecule has 0 unspecified atom stereocenters. The zero-order valence-corrected chi connectivity index (χ0v) is 11.2. The molecule has 0 aliphatic carbocycles. The fraction of sp³-hybridized carbons (Fsp3) is 0.364. The molecule has 0 bridgehead atoms. The third-order valence-corrected chi connectivity index (χ3v) is 2.87. The van der Waals surface area contributed by atoms with Crippen LogP contribution >= 0.6 is 23.2 Å². The minimum absolute atomic E-state index is 0.240. The number of halogens is 2. The molecule has 6 heteroatoms. The quantitative estimate of drug-likeness (QED) is 0.809. The Bertz CT molecular complexity index is 411. The minimum Gasteiger partial charge on any atom is -0.496 e. The van der Waals surface area contributed by atoms with E-state index in [1.165, 1.54) is 19.2 Å². The fourth-order valence-electron chi connectivity index (χ4n) is 1.27. The summed E-state index contributed by atoms with van der Waals surface area (Å²) in [6.45, 7) is 1.22. The topological polar surface area (TPSA) is 50.4 Å². The first kappa shape index (κ1) is 14.1. The Morgan fingerprint density at radius 2 is 1.94 bits per heavy atom. The van der Waals surface area contributed by atoms with Gasteiger partial charge in [-0.05, 0) is 13.1 Å². The van der Waals surface area contributed by atoms with E-state index in [0.717, 1.165) is 0 Å². The lowest BCUT2D eigenvalue weighted by molar-refractivity contribution is 0.0951. The van der Waals surface area contributed by atoms with Gasteiger partial charge in [0, 0.05) is 19.2 Å². The van der Waals surface area contributed by atoms with Crippen molar-refractivity contribution in [3.63, 3.8) is 0 Å². The highest BCUT2D eigenvalue weighted by Gasteiger charge is 2.14. The van der Waals surface area contributed by atoms with Gasteiger partial charge < -0.3 is 15.4 Å². The molecule has 1 aromatic carbocycles. The number of carbonyl (C=O) groups is 1. The van der Waals surface area contributed by atoms with Gasteiger partial charge >= 0.3 is 0 Å². The van der Waals surface area contributed by atoms with Gasteiger partial charge in [0.15, 0.2) is 0 Å². The van der Waals surface area contributed by atoms with Crippen LogP contribution in [0, 0.1) is 0 Å². The van der Waals surface area contributed by atoms with Gasteiger partial charge in [0.25, 0.3) is 5.91 Å². The highest BCUT2D eigenvalue weighted by atomic mass is 35.5. The van der Waals surface area contributed by atoms with Crippen LogP contribution in [0.25, 0.3) is 0 Å². The number of hydrogen-bond acceptors (Lipinski definition) is 3. The van der Waals surface area contributed by atoms with Gasteiger partial charge in [-0.15, -0.1) is 0 Å². The molecule has 0 heterocycles. The number of nitrogens with one attached hydrogen (secondary N) is 2. The van der Waals surface area contributed by atoms with Crippen LogP contribution in [0.15, 0.2) is 12.1 Å². The molecule has 0 saturated heterocycles. The standard InChI is InChI=1S/C11H14Cl2N2O2/c1-14-3-4-15-11(16)7-5-8(12)9(13)6-10(7)17-2/h5-6,14H,3-4H2,1-2H3,(H,15,16). The van der Waals surface area contributed by atoms with Crippen molar-refractivity contribution in [3.05, 3.63) is 27.7 Å². The Morgan fingerprint density at radius 3 is 2.53 bits per heavy atom. The Hall–Kier alpha value is -0.970. The summed E-state index contributed by atoms with van der Waals surface area (Å²) in [5.74, 6) is 0.164. The first-order valence-corrected chi connectivity index (χ1v) is 5.81. The van der Waals surface area contributed by atoms with E-state index < -0.39 is 0 Å². The summed E-state index contributed by atoms with van der Waals surface area (Å²) in [6, 6.07) is 3.02. The monoisotopic (exact) mass is 276 g/mol. The van der Waals surface area contributed by atoms with Crippen LogP contribution in [0.5, 0.6) is 5.75 Å². The zero-order chi connectivity index (χ0) is 12.8. The summed E-state index contributed by atoms with van der Waals surface area (Å²) in [7, 11) is 3.29. The molecule has 0 radical (unpaired) electrons. The number of benzene rings is 1. The van der Waals surface area contributed by atoms with E-state index in [1.807, 2.05) is 7.05 Å². The van der Waals surface area contributed by atoms with Crippen LogP contribution in [0.2, 0.25) is 10.0 Å². The average Bonchev–Trinajstić information content (AvgIpc) is 2.32. The Kier molecular flexibility index (Phi) is 5.55. The largest absolute Gasteiger partial charge is 0.496 e. The van der Waals surface area contributed by atoms with Crippen molar-refractivity contribution in [1.82, 2.24) is 10.6 Å². The van der Waals surface area contributed by atoms with Crippen LogP contribution < -0.4 is 15.4 Å². The van der Waals surface area contributed by atoms with Gasteiger partial charge in [-0.3, -0.25) is 4.79 Å². The molecular weight excluding hydrogens is 263 g/mol. The number of methoxy groups -OCH3 is 1. The summed E-state index contributed by atoms with van der Waals surface area (Å²) < 4.78 is 5.09. The predicted molar refractivity (Wildman–Crippen MR) is 69.3 cm³/mol. The zero-order valence-electron chi connectivity index (χ0n) is 9.64. The van der Waals surface area contributed by atoms with E-state index in [4.69, 9.17) is 27.9 Å². The van der Waals surface area contributed by atoms with Gasteiger partial charge in [-0.2, -0.15) is 0 Å². The Morgan fingerprint density at radius 1 is 1.29 bits per heavy atom. The van der Waals surface area contributed by atoms with Gasteiger partial charge in [0.05, 0.1) is 22.7 Å². The number of amides is 1. The normalized spacial score (nSPS) is 10.1. The molecule has 1 amide bonds. The molecule has 17 heavy (non-hydrogen) atoms.